The van der Waals surface area contributed by atoms with Gasteiger partial charge in [-0.05, 0) is 53.6 Å². The number of amides is 3. The maximum atomic E-state index is 14.1. The highest BCUT2D eigenvalue weighted by Crippen LogP contribution is 2.32. The van der Waals surface area contributed by atoms with Crippen molar-refractivity contribution in [3.8, 4) is 5.75 Å². The number of carbonyl (C=O) groups is 2. The van der Waals surface area contributed by atoms with Crippen molar-refractivity contribution in [1.82, 2.24) is 20.4 Å². The van der Waals surface area contributed by atoms with E-state index in [1.807, 2.05) is 78.9 Å². The quantitative estimate of drug-likeness (QED) is 0.204. The van der Waals surface area contributed by atoms with Crippen molar-refractivity contribution in [2.75, 3.05) is 65.8 Å². The summed E-state index contributed by atoms with van der Waals surface area (Å²) in [5.74, 6) is -0.146. The van der Waals surface area contributed by atoms with Crippen LogP contribution in [0.5, 0.6) is 5.75 Å². The van der Waals surface area contributed by atoms with E-state index < -0.39 is 30.2 Å². The van der Waals surface area contributed by atoms with Gasteiger partial charge >= 0.3 is 6.03 Å². The first kappa shape index (κ1) is 35.8. The van der Waals surface area contributed by atoms with E-state index >= 15 is 0 Å². The molecule has 1 aliphatic carbocycles. The Morgan fingerprint density at radius 1 is 0.840 bits per heavy atom. The van der Waals surface area contributed by atoms with Crippen molar-refractivity contribution in [3.05, 3.63) is 101 Å². The first-order valence-electron chi connectivity index (χ1n) is 17.9. The number of aliphatic hydroxyl groups is 2. The van der Waals surface area contributed by atoms with Crippen molar-refractivity contribution in [3.63, 3.8) is 0 Å². The second-order valence-corrected chi connectivity index (χ2v) is 13.5. The van der Waals surface area contributed by atoms with Crippen LogP contribution in [-0.4, -0.2) is 116 Å². The zero-order chi connectivity index (χ0) is 34.7. The number of ether oxygens (including phenoxy) is 3. The predicted octanol–water partition coefficient (Wildman–Crippen LogP) is 2.73. The Balaban J connectivity index is 1.17. The molecule has 3 aromatic rings. The fraction of sp³-hybridized carbons (Fsp3) is 0.487. The summed E-state index contributed by atoms with van der Waals surface area (Å²) in [5, 5.41) is 28.9. The van der Waals surface area contributed by atoms with Crippen LogP contribution in [-0.2, 0) is 33.5 Å². The molecule has 5 atom stereocenters. The number of hydrogen-bond acceptors (Lipinski definition) is 8. The van der Waals surface area contributed by atoms with E-state index in [0.717, 1.165) is 60.9 Å². The highest BCUT2D eigenvalue weighted by Gasteiger charge is 2.35. The van der Waals surface area contributed by atoms with Crippen molar-refractivity contribution in [1.29, 1.82) is 0 Å². The summed E-state index contributed by atoms with van der Waals surface area (Å²) in [6.07, 6.45) is -0.438. The van der Waals surface area contributed by atoms with Gasteiger partial charge in [0.15, 0.2) is 0 Å². The van der Waals surface area contributed by atoms with Crippen LogP contribution in [0.15, 0.2) is 78.9 Å². The molecule has 6 rings (SSSR count). The first-order chi connectivity index (χ1) is 24.4. The van der Waals surface area contributed by atoms with Gasteiger partial charge in [0.05, 0.1) is 50.7 Å². The monoisotopic (exact) mass is 686 g/mol. The molecule has 2 heterocycles. The maximum Gasteiger partial charge on any atom is 0.317 e. The molecule has 268 valence electrons. The first-order valence-corrected chi connectivity index (χ1v) is 17.9. The van der Waals surface area contributed by atoms with E-state index in [2.05, 4.69) is 15.5 Å². The Morgan fingerprint density at radius 3 is 2.24 bits per heavy atom. The SMILES string of the molecule is O=C(N[C@H]1c2ccccc2C[C@@H]1O)C(Cc1ccc(OCCN2CCOCC2)cc1)CC(O)C(Cc1ccccc1)NC(=O)N1CCOCC1. The van der Waals surface area contributed by atoms with E-state index in [9.17, 15) is 19.8 Å². The van der Waals surface area contributed by atoms with Gasteiger partial charge in [0.25, 0.3) is 0 Å². The van der Waals surface area contributed by atoms with Crippen molar-refractivity contribution < 1.29 is 34.0 Å². The van der Waals surface area contributed by atoms with Gasteiger partial charge in [0, 0.05) is 45.1 Å². The third-order valence-corrected chi connectivity index (χ3v) is 9.95. The molecule has 3 unspecified atom stereocenters. The van der Waals surface area contributed by atoms with Gasteiger partial charge in [-0.2, -0.15) is 0 Å². The topological polar surface area (TPSA) is 133 Å². The average Bonchev–Trinajstić information content (AvgIpc) is 3.47. The molecule has 4 N–H and O–H groups in total. The van der Waals surface area contributed by atoms with Crippen LogP contribution in [0, 0.1) is 5.92 Å². The lowest BCUT2D eigenvalue weighted by Gasteiger charge is -2.32. The second kappa shape index (κ2) is 17.8. The van der Waals surface area contributed by atoms with Gasteiger partial charge < -0.3 is 40.0 Å². The third kappa shape index (κ3) is 9.82. The van der Waals surface area contributed by atoms with Crippen molar-refractivity contribution in [2.45, 2.75) is 50.0 Å². The summed E-state index contributed by atoms with van der Waals surface area (Å²) in [7, 11) is 0. The number of fused-ring (bicyclic) bond motifs is 1. The molecule has 2 aliphatic heterocycles. The third-order valence-electron chi connectivity index (χ3n) is 9.95. The molecule has 3 aromatic carbocycles. The summed E-state index contributed by atoms with van der Waals surface area (Å²) in [6, 6.07) is 23.8. The Labute approximate surface area is 294 Å². The lowest BCUT2D eigenvalue weighted by molar-refractivity contribution is -0.127. The number of rotatable bonds is 14. The molecular weight excluding hydrogens is 636 g/mol. The minimum atomic E-state index is -1.03. The standard InChI is InChI=1S/C39H50N4O7/c44-35(34(25-28-6-2-1-3-7-28)40-39(47)43-17-21-49-22-18-43)27-31(38(46)41-37-33-9-5-4-8-30(33)26-36(37)45)24-29-10-12-32(13-11-29)50-23-16-42-14-19-48-20-15-42/h1-13,31,34-37,44-45H,14-27H2,(H,40,47)(H,41,46)/t31?,34?,35?,36-,37-/m0/s1. The number of nitrogens with one attached hydrogen (secondary N) is 2. The van der Waals surface area contributed by atoms with Gasteiger partial charge in [-0.25, -0.2) is 4.79 Å². The average molecular weight is 687 g/mol. The molecule has 50 heavy (non-hydrogen) atoms. The maximum absolute atomic E-state index is 14.1. The number of benzene rings is 3. The predicted molar refractivity (Wildman–Crippen MR) is 189 cm³/mol. The Kier molecular flexibility index (Phi) is 12.7. The van der Waals surface area contributed by atoms with E-state index in [1.165, 1.54) is 0 Å². The number of hydrogen-bond donors (Lipinski definition) is 4. The smallest absolute Gasteiger partial charge is 0.317 e. The summed E-state index contributed by atoms with van der Waals surface area (Å²) >= 11 is 0. The van der Waals surface area contributed by atoms with Crippen molar-refractivity contribution in [2.24, 2.45) is 5.92 Å². The number of carbonyl (C=O) groups excluding carboxylic acids is 2. The Hall–Kier alpha value is -4.00. The molecule has 0 saturated carbocycles. The highest BCUT2D eigenvalue weighted by molar-refractivity contribution is 5.80. The van der Waals surface area contributed by atoms with E-state index in [4.69, 9.17) is 14.2 Å². The molecular formula is C39H50N4O7. The molecule has 11 nitrogen and oxygen atoms in total. The van der Waals surface area contributed by atoms with E-state index in [-0.39, 0.29) is 18.4 Å². The van der Waals surface area contributed by atoms with E-state index in [1.54, 1.807) is 4.90 Å². The molecule has 3 amide bonds. The lowest BCUT2D eigenvalue weighted by Crippen LogP contribution is -2.53. The molecule has 0 radical (unpaired) electrons. The van der Waals surface area contributed by atoms with Crippen molar-refractivity contribution >= 4 is 11.9 Å². The van der Waals surface area contributed by atoms with Gasteiger partial charge in [0.1, 0.15) is 12.4 Å². The van der Waals surface area contributed by atoms with Crippen LogP contribution in [0.4, 0.5) is 4.79 Å². The molecule has 0 bridgehead atoms. The summed E-state index contributed by atoms with van der Waals surface area (Å²) < 4.78 is 16.9. The Bertz CT molecular complexity index is 1510. The largest absolute Gasteiger partial charge is 0.492 e. The molecule has 0 spiro atoms. The number of urea groups is 1. The zero-order valence-electron chi connectivity index (χ0n) is 28.6. The van der Waals surface area contributed by atoms with Crippen LogP contribution in [0.2, 0.25) is 0 Å². The molecule has 2 fully saturated rings. The molecule has 2 saturated heterocycles. The van der Waals surface area contributed by atoms with Crippen LogP contribution in [0.25, 0.3) is 0 Å². The minimum Gasteiger partial charge on any atom is -0.492 e. The second-order valence-electron chi connectivity index (χ2n) is 13.5. The highest BCUT2D eigenvalue weighted by atomic mass is 16.5. The Morgan fingerprint density at radius 2 is 1.50 bits per heavy atom. The van der Waals surface area contributed by atoms with E-state index in [0.29, 0.717) is 52.2 Å². The van der Waals surface area contributed by atoms with Gasteiger partial charge in [-0.15, -0.1) is 0 Å². The number of nitrogens with zero attached hydrogens (tertiary/aromatic N) is 2. The number of aliphatic hydroxyl groups excluding tert-OH is 2. The zero-order valence-corrected chi connectivity index (χ0v) is 28.6. The molecule has 0 aromatic heterocycles. The van der Waals surface area contributed by atoms with Crippen LogP contribution >= 0.6 is 0 Å². The number of morpholine rings is 2. The summed E-state index contributed by atoms with van der Waals surface area (Å²) in [5.41, 5.74) is 3.81. The lowest BCUT2D eigenvalue weighted by atomic mass is 9.88. The fourth-order valence-corrected chi connectivity index (χ4v) is 7.05. The molecule has 3 aliphatic rings. The summed E-state index contributed by atoms with van der Waals surface area (Å²) in [6.45, 7) is 6.59. The normalized spacial score (nSPS) is 21.1. The van der Waals surface area contributed by atoms with Gasteiger partial charge in [0.2, 0.25) is 5.91 Å². The van der Waals surface area contributed by atoms with Gasteiger partial charge in [-0.1, -0.05) is 66.7 Å². The van der Waals surface area contributed by atoms with Gasteiger partial charge in [-0.3, -0.25) is 9.69 Å². The minimum absolute atomic E-state index is 0.106. The fourth-order valence-electron chi connectivity index (χ4n) is 7.05. The molecule has 11 heteroatoms. The summed E-state index contributed by atoms with van der Waals surface area (Å²) in [4.78, 5) is 31.5. The van der Waals surface area contributed by atoms with Crippen LogP contribution < -0.4 is 15.4 Å². The van der Waals surface area contributed by atoms with Crippen LogP contribution in [0.1, 0.15) is 34.7 Å². The van der Waals surface area contributed by atoms with Crippen LogP contribution in [0.3, 0.4) is 0 Å².